The van der Waals surface area contributed by atoms with E-state index in [1.165, 1.54) is 11.0 Å². The van der Waals surface area contributed by atoms with Crippen molar-refractivity contribution >= 4 is 27.8 Å². The van der Waals surface area contributed by atoms with Gasteiger partial charge in [-0.2, -0.15) is 0 Å². The first kappa shape index (κ1) is 17.4. The summed E-state index contributed by atoms with van der Waals surface area (Å²) in [6, 6.07) is 4.72. The fourth-order valence-corrected chi connectivity index (χ4v) is 1.90. The number of aliphatic imine (C=N–C) groups is 1. The molecule has 116 valence electrons. The number of nitrogens with one attached hydrogen (secondary N) is 2. The molecule has 0 atom stereocenters. The third-order valence-corrected chi connectivity index (χ3v) is 3.16. The first-order chi connectivity index (χ1) is 9.93. The Balaban J connectivity index is 2.71. The number of amides is 1. The van der Waals surface area contributed by atoms with Crippen molar-refractivity contribution in [1.82, 2.24) is 15.5 Å². The number of nitrogens with zero attached hydrogens (tertiary/aromatic N) is 2. The average Bonchev–Trinajstić information content (AvgIpc) is 2.44. The molecule has 0 aromatic heterocycles. The number of guanidine groups is 1. The van der Waals surface area contributed by atoms with Gasteiger partial charge in [0.25, 0.3) is 0 Å². The quantitative estimate of drug-likeness (QED) is 0.622. The molecule has 1 aromatic rings. The maximum Gasteiger partial charge on any atom is 0.241 e. The van der Waals surface area contributed by atoms with Gasteiger partial charge in [0.2, 0.25) is 5.91 Å². The molecule has 1 amide bonds. The number of rotatable bonds is 5. The zero-order chi connectivity index (χ0) is 15.8. The van der Waals surface area contributed by atoms with Crippen molar-refractivity contribution in [3.05, 3.63) is 34.1 Å². The summed E-state index contributed by atoms with van der Waals surface area (Å²) in [6.45, 7) is 2.91. The predicted octanol–water partition coefficient (Wildman–Crippen LogP) is 1.73. The standard InChI is InChI=1S/C14H20BrFN4O/c1-4-17-14(19-9-13(21)20(2)3)18-8-10-7-11(15)5-6-12(10)16/h5-7H,4,8-9H2,1-3H3,(H2,17,18,19). The predicted molar refractivity (Wildman–Crippen MR) is 85.6 cm³/mol. The highest BCUT2D eigenvalue weighted by Gasteiger charge is 2.06. The van der Waals surface area contributed by atoms with Crippen molar-refractivity contribution in [2.75, 3.05) is 27.2 Å². The second-order valence-electron chi connectivity index (χ2n) is 4.57. The van der Waals surface area contributed by atoms with E-state index in [0.29, 0.717) is 18.1 Å². The van der Waals surface area contributed by atoms with E-state index in [-0.39, 0.29) is 24.8 Å². The van der Waals surface area contributed by atoms with Gasteiger partial charge in [-0.1, -0.05) is 15.9 Å². The lowest BCUT2D eigenvalue weighted by Gasteiger charge is -2.14. The number of carbonyl (C=O) groups is 1. The largest absolute Gasteiger partial charge is 0.357 e. The van der Waals surface area contributed by atoms with Gasteiger partial charge in [-0.25, -0.2) is 9.38 Å². The van der Waals surface area contributed by atoms with E-state index >= 15 is 0 Å². The maximum atomic E-state index is 13.6. The van der Waals surface area contributed by atoms with Crippen LogP contribution in [0, 0.1) is 5.82 Å². The van der Waals surface area contributed by atoms with Gasteiger partial charge in [-0.05, 0) is 25.1 Å². The van der Waals surface area contributed by atoms with E-state index in [2.05, 4.69) is 31.6 Å². The van der Waals surface area contributed by atoms with Gasteiger partial charge in [0, 0.05) is 30.7 Å². The van der Waals surface area contributed by atoms with Crippen LogP contribution in [-0.4, -0.2) is 44.0 Å². The number of halogens is 2. The summed E-state index contributed by atoms with van der Waals surface area (Å²) in [5, 5.41) is 5.93. The molecule has 1 rings (SSSR count). The SMILES string of the molecule is CCNC(=NCc1cc(Br)ccc1F)NCC(=O)N(C)C. The molecule has 0 fully saturated rings. The molecule has 0 aliphatic carbocycles. The molecule has 21 heavy (non-hydrogen) atoms. The first-order valence-corrected chi connectivity index (χ1v) is 7.39. The van der Waals surface area contributed by atoms with Crippen molar-refractivity contribution in [2.45, 2.75) is 13.5 Å². The first-order valence-electron chi connectivity index (χ1n) is 6.60. The molecule has 0 aliphatic rings. The van der Waals surface area contributed by atoms with E-state index < -0.39 is 0 Å². The van der Waals surface area contributed by atoms with Gasteiger partial charge in [0.15, 0.2) is 5.96 Å². The Hall–Kier alpha value is -1.63. The average molecular weight is 359 g/mol. The molecule has 0 saturated carbocycles. The summed E-state index contributed by atoms with van der Waals surface area (Å²) in [4.78, 5) is 17.3. The minimum atomic E-state index is -0.304. The lowest BCUT2D eigenvalue weighted by molar-refractivity contribution is -0.127. The number of benzene rings is 1. The van der Waals surface area contributed by atoms with Gasteiger partial charge in [-0.3, -0.25) is 4.79 Å². The lowest BCUT2D eigenvalue weighted by atomic mass is 10.2. The summed E-state index contributed by atoms with van der Waals surface area (Å²) in [7, 11) is 3.37. The van der Waals surface area contributed by atoms with Crippen LogP contribution in [0.4, 0.5) is 4.39 Å². The number of carbonyl (C=O) groups excluding carboxylic acids is 1. The van der Waals surface area contributed by atoms with Crippen molar-refractivity contribution in [1.29, 1.82) is 0 Å². The number of hydrogen-bond donors (Lipinski definition) is 2. The number of hydrogen-bond acceptors (Lipinski definition) is 2. The zero-order valence-corrected chi connectivity index (χ0v) is 14.0. The number of likely N-dealkylation sites (N-methyl/N-ethyl adjacent to an activating group) is 1. The van der Waals surface area contributed by atoms with Crippen LogP contribution in [0.25, 0.3) is 0 Å². The summed E-state index contributed by atoms with van der Waals surface area (Å²) in [5.74, 6) is 0.114. The fourth-order valence-electron chi connectivity index (χ4n) is 1.49. The van der Waals surface area contributed by atoms with Gasteiger partial charge in [0.1, 0.15) is 5.82 Å². The van der Waals surface area contributed by atoms with Gasteiger partial charge < -0.3 is 15.5 Å². The molecule has 0 heterocycles. The molecule has 0 aliphatic heterocycles. The minimum Gasteiger partial charge on any atom is -0.357 e. The molecule has 1 aromatic carbocycles. The van der Waals surface area contributed by atoms with Crippen LogP contribution in [0.15, 0.2) is 27.7 Å². The Morgan fingerprint density at radius 2 is 2.10 bits per heavy atom. The Kier molecular flexibility index (Phi) is 7.14. The van der Waals surface area contributed by atoms with Crippen LogP contribution < -0.4 is 10.6 Å². The van der Waals surface area contributed by atoms with Gasteiger partial charge in [0.05, 0.1) is 13.1 Å². The molecule has 7 heteroatoms. The van der Waals surface area contributed by atoms with Crippen LogP contribution in [-0.2, 0) is 11.3 Å². The van der Waals surface area contributed by atoms with Crippen LogP contribution >= 0.6 is 15.9 Å². The molecular formula is C14H20BrFN4O. The summed E-state index contributed by atoms with van der Waals surface area (Å²) in [5.41, 5.74) is 0.487. The highest BCUT2D eigenvalue weighted by molar-refractivity contribution is 9.10. The normalized spacial score (nSPS) is 11.2. The van der Waals surface area contributed by atoms with Crippen molar-refractivity contribution in [3.63, 3.8) is 0 Å². The summed E-state index contributed by atoms with van der Waals surface area (Å²) >= 11 is 3.30. The van der Waals surface area contributed by atoms with E-state index in [1.54, 1.807) is 26.2 Å². The van der Waals surface area contributed by atoms with Gasteiger partial charge in [-0.15, -0.1) is 0 Å². The molecule has 2 N–H and O–H groups in total. The summed E-state index contributed by atoms with van der Waals surface area (Å²) < 4.78 is 14.4. The Morgan fingerprint density at radius 1 is 1.38 bits per heavy atom. The van der Waals surface area contributed by atoms with E-state index in [4.69, 9.17) is 0 Å². The topological polar surface area (TPSA) is 56.7 Å². The van der Waals surface area contributed by atoms with Crippen molar-refractivity contribution in [3.8, 4) is 0 Å². The highest BCUT2D eigenvalue weighted by Crippen LogP contribution is 2.16. The second kappa shape index (κ2) is 8.61. The molecule has 0 spiro atoms. The summed E-state index contributed by atoms with van der Waals surface area (Å²) in [6.07, 6.45) is 0. The second-order valence-corrected chi connectivity index (χ2v) is 5.49. The van der Waals surface area contributed by atoms with Crippen LogP contribution in [0.1, 0.15) is 12.5 Å². The minimum absolute atomic E-state index is 0.0609. The Bertz CT molecular complexity index is 520. The molecule has 0 bridgehead atoms. The maximum absolute atomic E-state index is 13.6. The van der Waals surface area contributed by atoms with Crippen molar-refractivity contribution < 1.29 is 9.18 Å². The fraction of sp³-hybridized carbons (Fsp3) is 0.429. The van der Waals surface area contributed by atoms with Gasteiger partial charge >= 0.3 is 0 Å². The van der Waals surface area contributed by atoms with E-state index in [1.807, 2.05) is 6.92 Å². The smallest absolute Gasteiger partial charge is 0.241 e. The third-order valence-electron chi connectivity index (χ3n) is 2.67. The molecular weight excluding hydrogens is 339 g/mol. The van der Waals surface area contributed by atoms with Crippen LogP contribution in [0.2, 0.25) is 0 Å². The van der Waals surface area contributed by atoms with E-state index in [9.17, 15) is 9.18 Å². The molecule has 0 radical (unpaired) electrons. The third kappa shape index (κ3) is 6.12. The van der Waals surface area contributed by atoms with Crippen LogP contribution in [0.3, 0.4) is 0 Å². The molecule has 0 saturated heterocycles. The molecule has 5 nitrogen and oxygen atoms in total. The Morgan fingerprint density at radius 3 is 2.71 bits per heavy atom. The van der Waals surface area contributed by atoms with Crippen LogP contribution in [0.5, 0.6) is 0 Å². The lowest BCUT2D eigenvalue weighted by Crippen LogP contribution is -2.42. The molecule has 0 unspecified atom stereocenters. The Labute approximate surface area is 132 Å². The van der Waals surface area contributed by atoms with Crippen molar-refractivity contribution in [2.24, 2.45) is 4.99 Å². The zero-order valence-electron chi connectivity index (χ0n) is 12.4. The van der Waals surface area contributed by atoms with E-state index in [0.717, 1.165) is 4.47 Å². The highest BCUT2D eigenvalue weighted by atomic mass is 79.9. The monoisotopic (exact) mass is 358 g/mol.